The van der Waals surface area contributed by atoms with Gasteiger partial charge < -0.3 is 18.2 Å². The van der Waals surface area contributed by atoms with Gasteiger partial charge in [0.1, 0.15) is 17.7 Å². The van der Waals surface area contributed by atoms with E-state index in [4.69, 9.17) is 18.2 Å². The lowest BCUT2D eigenvalue weighted by Crippen LogP contribution is -2.62. The van der Waals surface area contributed by atoms with Gasteiger partial charge in [0.2, 0.25) is 0 Å². The Morgan fingerprint density at radius 3 is 2.36 bits per heavy atom. The minimum atomic E-state index is -3.63. The Morgan fingerprint density at radius 2 is 1.76 bits per heavy atom. The van der Waals surface area contributed by atoms with Gasteiger partial charge in [-0.3, -0.25) is 18.9 Å². The molecule has 0 bridgehead atoms. The average molecular weight is 623 g/mol. The number of carbonyl (C=O) groups is 3. The molecule has 10 heteroatoms. The Labute approximate surface area is 253 Å². The van der Waals surface area contributed by atoms with Crippen LogP contribution in [0.1, 0.15) is 80.6 Å². The second-order valence-corrected chi connectivity index (χ2v) is 21.4. The van der Waals surface area contributed by atoms with Crippen molar-refractivity contribution in [3.05, 3.63) is 23.8 Å². The van der Waals surface area contributed by atoms with Gasteiger partial charge in [-0.15, -0.1) is 0 Å². The summed E-state index contributed by atoms with van der Waals surface area (Å²) in [7, 11) is -5.90. The zero-order chi connectivity index (χ0) is 31.4. The SMILES string of the molecule is CCOP(=O)(CO[C@]1(C(=O)CO[Si](C)(C)C(C)(C)C)CC[C@H]2[C@@H]3CC=C4CC(=O)C=C[C@]4(C)[C@H]3C(=O)C[C@@]21C)OCC. The first-order valence-corrected chi connectivity index (χ1v) is 20.2. The number of fused-ring (bicyclic) bond motifs is 5. The summed E-state index contributed by atoms with van der Waals surface area (Å²) in [4.78, 5) is 40.9. The van der Waals surface area contributed by atoms with E-state index in [1.165, 1.54) is 0 Å². The molecule has 236 valence electrons. The fourth-order valence-electron chi connectivity index (χ4n) is 7.98. The fraction of sp³-hybridized carbons (Fsp3) is 0.781. The Balaban J connectivity index is 1.73. The van der Waals surface area contributed by atoms with E-state index in [0.29, 0.717) is 25.7 Å². The second kappa shape index (κ2) is 11.6. The average Bonchev–Trinajstić information content (AvgIpc) is 3.18. The number of Topliss-reactive ketones (excluding diaryl/α,β-unsaturated/α-hetero) is 2. The molecule has 2 saturated carbocycles. The lowest BCUT2D eigenvalue weighted by molar-refractivity contribution is -0.176. The van der Waals surface area contributed by atoms with Gasteiger partial charge in [0.25, 0.3) is 0 Å². The van der Waals surface area contributed by atoms with E-state index in [2.05, 4.69) is 46.9 Å². The molecule has 0 aromatic rings. The molecule has 6 atom stereocenters. The predicted octanol–water partition coefficient (Wildman–Crippen LogP) is 7.04. The van der Waals surface area contributed by atoms with Crippen LogP contribution in [0.5, 0.6) is 0 Å². The summed E-state index contributed by atoms with van der Waals surface area (Å²) in [6.07, 6.45) is 7.67. The van der Waals surface area contributed by atoms with Gasteiger partial charge in [0, 0.05) is 29.6 Å². The van der Waals surface area contributed by atoms with Crippen LogP contribution >= 0.6 is 7.60 Å². The highest BCUT2D eigenvalue weighted by Gasteiger charge is 2.69. The van der Waals surface area contributed by atoms with Crippen molar-refractivity contribution in [3.63, 3.8) is 0 Å². The van der Waals surface area contributed by atoms with Gasteiger partial charge in [-0.25, -0.2) is 0 Å². The number of allylic oxidation sites excluding steroid dienone is 4. The third-order valence-corrected chi connectivity index (χ3v) is 17.5. The summed E-state index contributed by atoms with van der Waals surface area (Å²) < 4.78 is 37.6. The minimum absolute atomic E-state index is 0.00743. The summed E-state index contributed by atoms with van der Waals surface area (Å²) in [6.45, 7) is 18.4. The van der Waals surface area contributed by atoms with Gasteiger partial charge >= 0.3 is 7.60 Å². The molecule has 0 heterocycles. The second-order valence-electron chi connectivity index (χ2n) is 14.6. The molecular weight excluding hydrogens is 571 g/mol. The van der Waals surface area contributed by atoms with Crippen LogP contribution in [0.4, 0.5) is 0 Å². The standard InChI is InChI=1S/C32H51O8PSi/c1-10-38-41(36,39-11-2)21-37-32(27(35)20-40-42(8,9)29(3,4)5)17-15-25-24-13-12-22-18-23(33)14-16-30(22,6)28(24)26(34)19-31(25,32)7/h12,14,16,24-25,28H,10-11,13,15,17-21H2,1-9H3/t24-,25-,28+,30-,31-,32-/m0/s1. The quantitative estimate of drug-likeness (QED) is 0.137. The van der Waals surface area contributed by atoms with Gasteiger partial charge in [0.15, 0.2) is 19.9 Å². The fourth-order valence-corrected chi connectivity index (χ4v) is 10.3. The zero-order valence-electron chi connectivity index (χ0n) is 27.0. The third kappa shape index (κ3) is 5.56. The Morgan fingerprint density at radius 1 is 1.12 bits per heavy atom. The number of ether oxygens (including phenoxy) is 1. The van der Waals surface area contributed by atoms with Crippen molar-refractivity contribution in [2.75, 3.05) is 26.2 Å². The van der Waals surface area contributed by atoms with E-state index in [-0.39, 0.29) is 72.7 Å². The highest BCUT2D eigenvalue weighted by Crippen LogP contribution is 2.67. The van der Waals surface area contributed by atoms with Crippen molar-refractivity contribution in [3.8, 4) is 0 Å². The molecule has 0 amide bonds. The smallest absolute Gasteiger partial charge is 0.356 e. The van der Waals surface area contributed by atoms with Crippen molar-refractivity contribution in [1.82, 2.24) is 0 Å². The molecule has 8 nitrogen and oxygen atoms in total. The number of rotatable bonds is 11. The lowest BCUT2D eigenvalue weighted by Gasteiger charge is -2.56. The van der Waals surface area contributed by atoms with E-state index in [1.807, 2.05) is 13.0 Å². The monoisotopic (exact) mass is 622 g/mol. The summed E-state index contributed by atoms with van der Waals surface area (Å²) in [6, 6.07) is 0. The van der Waals surface area contributed by atoms with Gasteiger partial charge in [-0.1, -0.05) is 52.3 Å². The molecule has 0 radical (unpaired) electrons. The van der Waals surface area contributed by atoms with Crippen molar-refractivity contribution >= 4 is 33.3 Å². The maximum absolute atomic E-state index is 14.5. The van der Waals surface area contributed by atoms with Crippen LogP contribution < -0.4 is 0 Å². The predicted molar refractivity (Wildman–Crippen MR) is 165 cm³/mol. The third-order valence-electron chi connectivity index (χ3n) is 11.3. The Kier molecular flexibility index (Phi) is 9.31. The van der Waals surface area contributed by atoms with E-state index in [0.717, 1.165) is 5.57 Å². The molecule has 0 aliphatic heterocycles. The van der Waals surface area contributed by atoms with Crippen LogP contribution in [0.25, 0.3) is 0 Å². The minimum Gasteiger partial charge on any atom is -0.409 e. The van der Waals surface area contributed by atoms with Crippen LogP contribution in [0.2, 0.25) is 18.1 Å². The summed E-state index contributed by atoms with van der Waals surface area (Å²) >= 11 is 0. The normalized spacial score (nSPS) is 35.0. The molecule has 4 rings (SSSR count). The van der Waals surface area contributed by atoms with Crippen LogP contribution in [0, 0.1) is 28.6 Å². The number of hydrogen-bond donors (Lipinski definition) is 0. The van der Waals surface area contributed by atoms with E-state index in [1.54, 1.807) is 19.9 Å². The van der Waals surface area contributed by atoms with Crippen LogP contribution in [-0.4, -0.2) is 57.4 Å². The van der Waals surface area contributed by atoms with E-state index < -0.39 is 32.3 Å². The lowest BCUT2D eigenvalue weighted by atomic mass is 9.47. The molecule has 0 saturated heterocycles. The molecule has 4 aliphatic rings. The molecule has 42 heavy (non-hydrogen) atoms. The van der Waals surface area contributed by atoms with Gasteiger partial charge in [-0.2, -0.15) is 0 Å². The van der Waals surface area contributed by atoms with E-state index in [9.17, 15) is 18.9 Å². The van der Waals surface area contributed by atoms with Gasteiger partial charge in [-0.05, 0) is 69.2 Å². The Bertz CT molecular complexity index is 1210. The van der Waals surface area contributed by atoms with E-state index >= 15 is 0 Å². The van der Waals surface area contributed by atoms with Crippen molar-refractivity contribution in [1.29, 1.82) is 0 Å². The number of hydrogen-bond acceptors (Lipinski definition) is 8. The maximum atomic E-state index is 14.5. The van der Waals surface area contributed by atoms with Gasteiger partial charge in [0.05, 0.1) is 19.8 Å². The molecule has 0 spiro atoms. The Hall–Kier alpha value is -1.22. The number of carbonyl (C=O) groups excluding carboxylic acids is 3. The highest BCUT2D eigenvalue weighted by molar-refractivity contribution is 7.53. The molecule has 0 unspecified atom stereocenters. The molecule has 0 aromatic carbocycles. The van der Waals surface area contributed by atoms with Crippen LogP contribution in [0.15, 0.2) is 23.8 Å². The molecule has 4 aliphatic carbocycles. The van der Waals surface area contributed by atoms with Crippen LogP contribution in [-0.2, 0) is 37.2 Å². The topological polar surface area (TPSA) is 105 Å². The zero-order valence-corrected chi connectivity index (χ0v) is 28.9. The molecule has 0 aromatic heterocycles. The van der Waals surface area contributed by atoms with Crippen molar-refractivity contribution in [2.24, 2.45) is 28.6 Å². The summed E-state index contributed by atoms with van der Waals surface area (Å²) in [5.41, 5.74) is -1.66. The van der Waals surface area contributed by atoms with Crippen molar-refractivity contribution < 1.29 is 37.2 Å². The first-order valence-electron chi connectivity index (χ1n) is 15.5. The van der Waals surface area contributed by atoms with Crippen LogP contribution in [0.3, 0.4) is 0 Å². The summed E-state index contributed by atoms with van der Waals surface area (Å²) in [5, 5.41) is -0.0897. The maximum Gasteiger partial charge on any atom is 0.356 e. The number of ketones is 3. The molecule has 0 N–H and O–H groups in total. The molecule has 2 fully saturated rings. The first-order chi connectivity index (χ1) is 19.4. The highest BCUT2D eigenvalue weighted by atomic mass is 31.2. The first kappa shape index (κ1) is 33.7. The molecular formula is C32H51O8PSi. The van der Waals surface area contributed by atoms with Crippen molar-refractivity contribution in [2.45, 2.75) is 104 Å². The summed E-state index contributed by atoms with van der Waals surface area (Å²) in [5.74, 6) is -0.267. The largest absolute Gasteiger partial charge is 0.409 e.